The lowest BCUT2D eigenvalue weighted by Gasteiger charge is -2.29. The van der Waals surface area contributed by atoms with Gasteiger partial charge in [-0.2, -0.15) is 0 Å². The zero-order chi connectivity index (χ0) is 23.8. The molecule has 2 N–H and O–H groups in total. The first-order valence-corrected chi connectivity index (χ1v) is 10.2. The van der Waals surface area contributed by atoms with Crippen LogP contribution in [0.2, 0.25) is 0 Å². The Labute approximate surface area is 185 Å². The number of rotatable bonds is 10. The lowest BCUT2D eigenvalue weighted by molar-refractivity contribution is -0.155. The molecule has 172 valence electrons. The van der Waals surface area contributed by atoms with Crippen molar-refractivity contribution in [3.05, 3.63) is 53.6 Å². The molecule has 0 aliphatic carbocycles. The van der Waals surface area contributed by atoms with E-state index in [1.807, 2.05) is 13.8 Å². The van der Waals surface area contributed by atoms with Gasteiger partial charge in [-0.15, -0.1) is 0 Å². The zero-order valence-corrected chi connectivity index (χ0v) is 18.4. The van der Waals surface area contributed by atoms with E-state index in [4.69, 9.17) is 9.47 Å². The molecule has 0 radical (unpaired) electrons. The maximum absolute atomic E-state index is 13.1. The fourth-order valence-electron chi connectivity index (χ4n) is 3.04. The lowest BCUT2D eigenvalue weighted by atomic mass is 10.0. The molecule has 0 saturated carbocycles. The molecule has 1 aromatic carbocycles. The van der Waals surface area contributed by atoms with Crippen molar-refractivity contribution in [1.29, 1.82) is 0 Å². The van der Waals surface area contributed by atoms with Gasteiger partial charge in [-0.1, -0.05) is 13.8 Å². The highest BCUT2D eigenvalue weighted by atomic mass is 19.1. The van der Waals surface area contributed by atoms with Gasteiger partial charge in [-0.3, -0.25) is 4.79 Å². The molecule has 1 amide bonds. The van der Waals surface area contributed by atoms with Gasteiger partial charge in [0.1, 0.15) is 36.1 Å². The van der Waals surface area contributed by atoms with Crippen LogP contribution in [0.3, 0.4) is 0 Å². The summed E-state index contributed by atoms with van der Waals surface area (Å²) in [5.41, 5.74) is -0.0431. The summed E-state index contributed by atoms with van der Waals surface area (Å²) in [5, 5.41) is 12.6. The minimum absolute atomic E-state index is 0.0329. The van der Waals surface area contributed by atoms with E-state index in [2.05, 4.69) is 10.3 Å². The number of hydrogen-bond donors (Lipinski definition) is 2. The molecule has 32 heavy (non-hydrogen) atoms. The van der Waals surface area contributed by atoms with Crippen molar-refractivity contribution in [3.63, 3.8) is 0 Å². The topological polar surface area (TPSA) is 115 Å². The SMILES string of the molecule is CC(C)C(Oc1ccc(F)cc1)C(C)OC(=O)[C@H](C)NC(=O)c1nccc(CC=O)c1O. The number of esters is 1. The number of nitrogens with zero attached hydrogens (tertiary/aromatic N) is 1. The van der Waals surface area contributed by atoms with E-state index in [9.17, 15) is 23.9 Å². The van der Waals surface area contributed by atoms with Crippen LogP contribution in [-0.4, -0.2) is 46.5 Å². The van der Waals surface area contributed by atoms with Crippen molar-refractivity contribution >= 4 is 18.2 Å². The largest absolute Gasteiger partial charge is 0.505 e. The van der Waals surface area contributed by atoms with E-state index in [-0.39, 0.29) is 29.4 Å². The van der Waals surface area contributed by atoms with Crippen LogP contribution in [0.5, 0.6) is 11.5 Å². The number of ether oxygens (including phenoxy) is 2. The molecule has 9 heteroatoms. The number of aldehydes is 1. The van der Waals surface area contributed by atoms with Gasteiger partial charge in [0, 0.05) is 18.2 Å². The summed E-state index contributed by atoms with van der Waals surface area (Å²) in [5.74, 6) is -1.89. The van der Waals surface area contributed by atoms with E-state index in [1.165, 1.54) is 43.5 Å². The van der Waals surface area contributed by atoms with Crippen LogP contribution in [0.15, 0.2) is 36.5 Å². The van der Waals surface area contributed by atoms with Crippen molar-refractivity contribution in [1.82, 2.24) is 10.3 Å². The Balaban J connectivity index is 2.02. The van der Waals surface area contributed by atoms with Crippen molar-refractivity contribution in [2.75, 3.05) is 0 Å². The normalized spacial score (nSPS) is 13.7. The van der Waals surface area contributed by atoms with Crippen molar-refractivity contribution in [3.8, 4) is 11.5 Å². The van der Waals surface area contributed by atoms with E-state index in [1.54, 1.807) is 6.92 Å². The zero-order valence-electron chi connectivity index (χ0n) is 18.4. The fraction of sp³-hybridized carbons (Fsp3) is 0.391. The van der Waals surface area contributed by atoms with Crippen LogP contribution in [0, 0.1) is 11.7 Å². The third-order valence-electron chi connectivity index (χ3n) is 4.73. The molecular formula is C23H27FN2O6. The van der Waals surface area contributed by atoms with Crippen LogP contribution >= 0.6 is 0 Å². The lowest BCUT2D eigenvalue weighted by Crippen LogP contribution is -2.44. The molecule has 0 bridgehead atoms. The average molecular weight is 446 g/mol. The molecule has 8 nitrogen and oxygen atoms in total. The molecule has 0 aliphatic heterocycles. The van der Waals surface area contributed by atoms with E-state index in [0.29, 0.717) is 12.0 Å². The van der Waals surface area contributed by atoms with Crippen molar-refractivity contribution in [2.45, 2.75) is 52.4 Å². The average Bonchev–Trinajstić information content (AvgIpc) is 2.74. The number of hydrogen-bond acceptors (Lipinski definition) is 7. The Hall–Kier alpha value is -3.49. The Bertz CT molecular complexity index is 948. The number of carbonyl (C=O) groups is 3. The number of nitrogens with one attached hydrogen (secondary N) is 1. The first-order chi connectivity index (χ1) is 15.1. The van der Waals surface area contributed by atoms with Crippen LogP contribution in [0.4, 0.5) is 4.39 Å². The minimum Gasteiger partial charge on any atom is -0.505 e. The molecule has 2 unspecified atom stereocenters. The Morgan fingerprint density at radius 3 is 2.41 bits per heavy atom. The predicted octanol–water partition coefficient (Wildman–Crippen LogP) is 2.82. The van der Waals surface area contributed by atoms with Crippen LogP contribution < -0.4 is 10.1 Å². The summed E-state index contributed by atoms with van der Waals surface area (Å²) in [6, 6.07) is 5.90. The van der Waals surface area contributed by atoms with E-state index in [0.717, 1.165) is 0 Å². The summed E-state index contributed by atoms with van der Waals surface area (Å²) in [7, 11) is 0. The number of benzene rings is 1. The van der Waals surface area contributed by atoms with Crippen LogP contribution in [0.25, 0.3) is 0 Å². The van der Waals surface area contributed by atoms with E-state index >= 15 is 0 Å². The van der Waals surface area contributed by atoms with Crippen LogP contribution in [0.1, 0.15) is 43.7 Å². The molecule has 0 aliphatic rings. The first-order valence-electron chi connectivity index (χ1n) is 10.2. The smallest absolute Gasteiger partial charge is 0.328 e. The number of halogens is 1. The third-order valence-corrected chi connectivity index (χ3v) is 4.73. The Morgan fingerprint density at radius 2 is 1.81 bits per heavy atom. The second-order valence-corrected chi connectivity index (χ2v) is 7.66. The number of aromatic nitrogens is 1. The van der Waals surface area contributed by atoms with Gasteiger partial charge in [-0.05, 0) is 50.1 Å². The molecular weight excluding hydrogens is 419 g/mol. The Kier molecular flexibility index (Phi) is 8.69. The first kappa shape index (κ1) is 24.8. The van der Waals surface area contributed by atoms with Gasteiger partial charge in [0.15, 0.2) is 11.4 Å². The van der Waals surface area contributed by atoms with Gasteiger partial charge in [0.2, 0.25) is 0 Å². The standard InChI is InChI=1S/C23H27FN2O6/c1-13(2)21(32-18-7-5-17(24)6-8-18)15(4)31-23(30)14(3)26-22(29)19-20(28)16(10-12-27)9-11-25-19/h5-9,11-15,21,28H,10H2,1-4H3,(H,26,29)/t14-,15?,21?/m0/s1. The molecule has 1 heterocycles. The summed E-state index contributed by atoms with van der Waals surface area (Å²) in [4.78, 5) is 39.5. The molecule has 0 spiro atoms. The summed E-state index contributed by atoms with van der Waals surface area (Å²) < 4.78 is 24.5. The van der Waals surface area contributed by atoms with Crippen LogP contribution in [-0.2, 0) is 20.7 Å². The van der Waals surface area contributed by atoms with Crippen molar-refractivity contribution in [2.24, 2.45) is 5.92 Å². The maximum Gasteiger partial charge on any atom is 0.328 e. The minimum atomic E-state index is -1.04. The molecule has 0 saturated heterocycles. The third kappa shape index (κ3) is 6.50. The fourth-order valence-corrected chi connectivity index (χ4v) is 3.04. The number of pyridine rings is 1. The summed E-state index contributed by atoms with van der Waals surface area (Å²) >= 11 is 0. The highest BCUT2D eigenvalue weighted by Crippen LogP contribution is 2.22. The predicted molar refractivity (Wildman–Crippen MR) is 114 cm³/mol. The molecule has 2 aromatic rings. The highest BCUT2D eigenvalue weighted by molar-refractivity contribution is 5.97. The maximum atomic E-state index is 13.1. The van der Waals surface area contributed by atoms with Gasteiger partial charge in [-0.25, -0.2) is 14.2 Å². The number of carbonyl (C=O) groups excluding carboxylic acids is 3. The van der Waals surface area contributed by atoms with Gasteiger partial charge >= 0.3 is 5.97 Å². The second kappa shape index (κ2) is 11.2. The molecule has 0 fully saturated rings. The summed E-state index contributed by atoms with van der Waals surface area (Å²) in [6.45, 7) is 6.89. The highest BCUT2D eigenvalue weighted by Gasteiger charge is 2.29. The molecule has 2 rings (SSSR count). The van der Waals surface area contributed by atoms with Gasteiger partial charge < -0.3 is 24.7 Å². The second-order valence-electron chi connectivity index (χ2n) is 7.66. The molecule has 3 atom stereocenters. The van der Waals surface area contributed by atoms with Gasteiger partial charge in [0.05, 0.1) is 0 Å². The van der Waals surface area contributed by atoms with Gasteiger partial charge in [0.25, 0.3) is 5.91 Å². The van der Waals surface area contributed by atoms with Crippen molar-refractivity contribution < 1.29 is 33.4 Å². The summed E-state index contributed by atoms with van der Waals surface area (Å²) in [6.07, 6.45) is 0.622. The van der Waals surface area contributed by atoms with E-state index < -0.39 is 35.9 Å². The molecule has 1 aromatic heterocycles. The monoisotopic (exact) mass is 446 g/mol. The number of amides is 1. The Morgan fingerprint density at radius 1 is 1.16 bits per heavy atom. The quantitative estimate of drug-likeness (QED) is 0.426. The number of aromatic hydroxyl groups is 1.